The molecule has 4 nitrogen and oxygen atoms in total. The molecular formula is C19H29NO3Si2. The molecule has 3 heterocycles. The molecule has 0 radical (unpaired) electrons. The third-order valence-corrected chi connectivity index (χ3v) is 13.5. The zero-order chi connectivity index (χ0) is 18.4. The number of amides is 1. The molecule has 6 heteroatoms. The summed E-state index contributed by atoms with van der Waals surface area (Å²) in [5.74, 6) is 0. The van der Waals surface area contributed by atoms with Crippen LogP contribution in [0.4, 0.5) is 4.79 Å². The van der Waals surface area contributed by atoms with Crippen LogP contribution >= 0.6 is 0 Å². The number of hydrogen-bond acceptors (Lipinski definition) is 3. The number of fused-ring (bicyclic) bond motifs is 6. The number of rotatable bonds is 0. The van der Waals surface area contributed by atoms with Crippen molar-refractivity contribution in [1.29, 1.82) is 0 Å². The first-order valence-corrected chi connectivity index (χ1v) is 15.1. The molecule has 136 valence electrons. The van der Waals surface area contributed by atoms with Crippen LogP contribution in [0.2, 0.25) is 26.2 Å². The summed E-state index contributed by atoms with van der Waals surface area (Å²) >= 11 is 0. The van der Waals surface area contributed by atoms with Crippen molar-refractivity contribution in [3.8, 4) is 0 Å². The summed E-state index contributed by atoms with van der Waals surface area (Å²) in [7, 11) is -3.65. The van der Waals surface area contributed by atoms with Gasteiger partial charge in [-0.05, 0) is 81.3 Å². The predicted octanol–water partition coefficient (Wildman–Crippen LogP) is 3.67. The van der Waals surface area contributed by atoms with Crippen molar-refractivity contribution in [2.24, 2.45) is 0 Å². The van der Waals surface area contributed by atoms with Crippen LogP contribution in [0.15, 0.2) is 12.1 Å². The fraction of sp³-hybridized carbons (Fsp3) is 0.632. The number of benzene rings is 1. The van der Waals surface area contributed by atoms with E-state index < -0.39 is 22.2 Å². The number of carbonyl (C=O) groups excluding carboxylic acids is 1. The Morgan fingerprint density at radius 1 is 1.04 bits per heavy atom. The van der Waals surface area contributed by atoms with Gasteiger partial charge in [-0.25, -0.2) is 4.79 Å². The van der Waals surface area contributed by atoms with Gasteiger partial charge in [-0.2, -0.15) is 0 Å². The number of nitrogens with zero attached hydrogens (tertiary/aromatic N) is 1. The maximum atomic E-state index is 12.8. The molecule has 0 aliphatic carbocycles. The van der Waals surface area contributed by atoms with Crippen molar-refractivity contribution in [3.05, 3.63) is 23.3 Å². The highest BCUT2D eigenvalue weighted by Crippen LogP contribution is 2.53. The fourth-order valence-electron chi connectivity index (χ4n) is 4.95. The summed E-state index contributed by atoms with van der Waals surface area (Å²) in [5, 5.41) is 2.92. The molecule has 3 aliphatic rings. The Morgan fingerprint density at radius 2 is 1.48 bits per heavy atom. The Bertz CT molecular complexity index is 718. The van der Waals surface area contributed by atoms with Crippen molar-refractivity contribution in [2.75, 3.05) is 0 Å². The van der Waals surface area contributed by atoms with Crippen LogP contribution in [-0.2, 0) is 8.85 Å². The van der Waals surface area contributed by atoms with Gasteiger partial charge < -0.3 is 8.85 Å². The van der Waals surface area contributed by atoms with Crippen LogP contribution in [0.5, 0.6) is 0 Å². The van der Waals surface area contributed by atoms with E-state index in [0.29, 0.717) is 0 Å². The molecule has 0 aromatic heterocycles. The van der Waals surface area contributed by atoms with Gasteiger partial charge in [0.2, 0.25) is 16.6 Å². The van der Waals surface area contributed by atoms with Crippen LogP contribution < -0.4 is 10.4 Å². The maximum Gasteiger partial charge on any atom is 0.411 e. The number of carbonyl (C=O) groups is 1. The zero-order valence-electron chi connectivity index (χ0n) is 16.4. The highest BCUT2D eigenvalue weighted by Gasteiger charge is 2.52. The van der Waals surface area contributed by atoms with E-state index >= 15 is 0 Å². The predicted molar refractivity (Wildman–Crippen MR) is 105 cm³/mol. The first kappa shape index (κ1) is 17.3. The molecule has 1 aromatic carbocycles. The summed E-state index contributed by atoms with van der Waals surface area (Å²) < 4.78 is 12.3. The van der Waals surface area contributed by atoms with E-state index in [9.17, 15) is 4.79 Å². The Kier molecular flexibility index (Phi) is 3.45. The van der Waals surface area contributed by atoms with Gasteiger partial charge in [-0.3, -0.25) is 4.90 Å². The highest BCUT2D eigenvalue weighted by atomic mass is 28.4. The molecule has 1 fully saturated rings. The Hall–Kier alpha value is -1.12. The van der Waals surface area contributed by atoms with Gasteiger partial charge in [0.15, 0.2) is 0 Å². The lowest BCUT2D eigenvalue weighted by molar-refractivity contribution is 0.0177. The van der Waals surface area contributed by atoms with E-state index in [1.54, 1.807) is 0 Å². The average molecular weight is 376 g/mol. The molecule has 0 N–H and O–H groups in total. The van der Waals surface area contributed by atoms with Gasteiger partial charge in [-0.15, -0.1) is 0 Å². The zero-order valence-corrected chi connectivity index (χ0v) is 18.4. The van der Waals surface area contributed by atoms with Crippen LogP contribution in [0.1, 0.15) is 56.8 Å². The summed E-state index contributed by atoms with van der Waals surface area (Å²) in [6, 6.07) is 5.13. The van der Waals surface area contributed by atoms with Crippen LogP contribution in [0.25, 0.3) is 0 Å². The monoisotopic (exact) mass is 375 g/mol. The van der Waals surface area contributed by atoms with Crippen LogP contribution in [0, 0.1) is 0 Å². The second-order valence-corrected chi connectivity index (χ2v) is 17.6. The molecule has 1 saturated heterocycles. The second-order valence-electron chi connectivity index (χ2n) is 9.65. The maximum absolute atomic E-state index is 12.8. The first-order chi connectivity index (χ1) is 11.4. The summed E-state index contributed by atoms with van der Waals surface area (Å²) in [6.45, 7) is 15.0. The van der Waals surface area contributed by atoms with Crippen LogP contribution in [0.3, 0.4) is 0 Å². The van der Waals surface area contributed by atoms with E-state index in [4.69, 9.17) is 8.85 Å². The SMILES string of the molecule is CC(C)(C)OC(=O)N1[C@@H]2CC[C@H]1c1cc3c(cc12)[Si](C)(C)O[Si]3(C)C. The summed E-state index contributed by atoms with van der Waals surface area (Å²) in [5.41, 5.74) is 2.23. The third kappa shape index (κ3) is 2.52. The molecule has 2 atom stereocenters. The quantitative estimate of drug-likeness (QED) is 0.650. The lowest BCUT2D eigenvalue weighted by atomic mass is 9.92. The van der Waals surface area contributed by atoms with Crippen LogP contribution in [-0.4, -0.2) is 33.2 Å². The van der Waals surface area contributed by atoms with E-state index in [0.717, 1.165) is 12.8 Å². The first-order valence-electron chi connectivity index (χ1n) is 9.31. The van der Waals surface area contributed by atoms with Crippen molar-refractivity contribution < 1.29 is 13.6 Å². The molecular weight excluding hydrogens is 346 g/mol. The Labute approximate surface area is 152 Å². The van der Waals surface area contributed by atoms with Crippen molar-refractivity contribution in [2.45, 2.75) is 77.5 Å². The molecule has 3 aliphatic heterocycles. The molecule has 25 heavy (non-hydrogen) atoms. The van der Waals surface area contributed by atoms with E-state index in [1.807, 2.05) is 25.7 Å². The lowest BCUT2D eigenvalue weighted by Gasteiger charge is -2.27. The minimum atomic E-state index is -1.83. The molecule has 2 bridgehead atoms. The Balaban J connectivity index is 1.76. The number of hydrogen-bond donors (Lipinski definition) is 0. The topological polar surface area (TPSA) is 38.8 Å². The minimum Gasteiger partial charge on any atom is -0.449 e. The Morgan fingerprint density at radius 3 is 1.88 bits per heavy atom. The lowest BCUT2D eigenvalue weighted by Crippen LogP contribution is -2.44. The van der Waals surface area contributed by atoms with Gasteiger partial charge in [0.05, 0.1) is 12.1 Å². The average Bonchev–Trinajstić information content (AvgIpc) is 3.04. The van der Waals surface area contributed by atoms with Gasteiger partial charge in [0.25, 0.3) is 0 Å². The van der Waals surface area contributed by atoms with Crippen molar-refractivity contribution in [3.63, 3.8) is 0 Å². The van der Waals surface area contributed by atoms with Crippen molar-refractivity contribution >= 4 is 33.1 Å². The van der Waals surface area contributed by atoms with Gasteiger partial charge in [0, 0.05) is 0 Å². The summed E-state index contributed by atoms with van der Waals surface area (Å²) in [4.78, 5) is 14.8. The summed E-state index contributed by atoms with van der Waals surface area (Å²) in [6.07, 6.45) is 1.92. The van der Waals surface area contributed by atoms with Gasteiger partial charge in [0.1, 0.15) is 5.60 Å². The molecule has 1 aromatic rings. The molecule has 4 rings (SSSR count). The number of ether oxygens (including phenoxy) is 1. The minimum absolute atomic E-state index is 0.166. The van der Waals surface area contributed by atoms with Gasteiger partial charge in [-0.1, -0.05) is 12.1 Å². The fourth-order valence-corrected chi connectivity index (χ4v) is 15.2. The standard InChI is InChI=1S/C19H29NO3Si2/c1-19(2,3)22-18(21)20-14-8-9-15(20)13-11-17-16(10-12(13)14)24(4,5)23-25(17,6)7/h10-11,14-15H,8-9H2,1-7H3/t14-,15+. The molecule has 0 saturated carbocycles. The normalized spacial score (nSPS) is 28.0. The third-order valence-electron chi connectivity index (χ3n) is 5.74. The van der Waals surface area contributed by atoms with E-state index in [1.165, 1.54) is 21.5 Å². The van der Waals surface area contributed by atoms with Gasteiger partial charge >= 0.3 is 6.09 Å². The van der Waals surface area contributed by atoms with Crippen molar-refractivity contribution in [1.82, 2.24) is 4.90 Å². The smallest absolute Gasteiger partial charge is 0.411 e. The second kappa shape index (κ2) is 4.99. The van der Waals surface area contributed by atoms with E-state index in [2.05, 4.69) is 38.3 Å². The largest absolute Gasteiger partial charge is 0.449 e. The molecule has 0 spiro atoms. The highest BCUT2D eigenvalue weighted by molar-refractivity contribution is 7.05. The molecule has 1 amide bonds. The van der Waals surface area contributed by atoms with E-state index in [-0.39, 0.29) is 18.2 Å². The molecule has 0 unspecified atom stereocenters.